The van der Waals surface area contributed by atoms with Crippen LogP contribution in [0.2, 0.25) is 0 Å². The molecule has 1 heterocycles. The summed E-state index contributed by atoms with van der Waals surface area (Å²) in [6, 6.07) is 14.0. The second kappa shape index (κ2) is 9.09. The molecule has 0 bridgehead atoms. The number of aliphatic imine (C=N–C) groups is 2. The molecule has 4 rings (SSSR count). The third-order valence-corrected chi connectivity index (χ3v) is 5.68. The van der Waals surface area contributed by atoms with Gasteiger partial charge in [-0.3, -0.25) is 4.79 Å². The van der Waals surface area contributed by atoms with Crippen LogP contribution in [0.25, 0.3) is 11.1 Å². The Hall–Kier alpha value is -4.09. The zero-order valence-electron chi connectivity index (χ0n) is 18.7. The van der Waals surface area contributed by atoms with Gasteiger partial charge in [-0.25, -0.2) is 13.8 Å². The smallest absolute Gasteiger partial charge is 0.315 e. The summed E-state index contributed by atoms with van der Waals surface area (Å²) in [6.07, 6.45) is -12.1. The summed E-state index contributed by atoms with van der Waals surface area (Å²) < 4.78 is 112. The highest BCUT2D eigenvalue weighted by Gasteiger charge is 2.78. The van der Waals surface area contributed by atoms with Gasteiger partial charge in [-0.15, -0.1) is 0 Å². The van der Waals surface area contributed by atoms with Gasteiger partial charge in [-0.05, 0) is 48.0 Å². The average Bonchev–Trinajstić information content (AvgIpc) is 3.13. The highest BCUT2D eigenvalue weighted by atomic mass is 19.4. The Bertz CT molecular complexity index is 1380. The number of hydrogen-bond acceptors (Lipinski definition) is 2. The van der Waals surface area contributed by atoms with E-state index in [2.05, 4.69) is 9.98 Å². The largest absolute Gasteiger partial charge is 0.430 e. The number of benzene rings is 3. The van der Waals surface area contributed by atoms with Crippen molar-refractivity contribution in [3.05, 3.63) is 95.6 Å². The minimum absolute atomic E-state index is 0.175. The lowest BCUT2D eigenvalue weighted by Crippen LogP contribution is -2.61. The van der Waals surface area contributed by atoms with Gasteiger partial charge < -0.3 is 4.90 Å². The van der Waals surface area contributed by atoms with E-state index in [1.165, 1.54) is 30.3 Å². The van der Waals surface area contributed by atoms with E-state index >= 15 is 0 Å². The van der Waals surface area contributed by atoms with Crippen molar-refractivity contribution in [2.24, 2.45) is 9.98 Å². The Labute approximate surface area is 204 Å². The van der Waals surface area contributed by atoms with Crippen molar-refractivity contribution < 1.29 is 39.9 Å². The van der Waals surface area contributed by atoms with Gasteiger partial charge in [0, 0.05) is 23.7 Å². The third-order valence-electron chi connectivity index (χ3n) is 5.68. The number of hydrogen-bond donors (Lipinski definition) is 0. The fraction of sp³-hybridized carbons (Fsp3) is 0.160. The summed E-state index contributed by atoms with van der Waals surface area (Å²) in [5.74, 6) is -5.27. The molecule has 0 radical (unpaired) electrons. The summed E-state index contributed by atoms with van der Waals surface area (Å²) in [5, 5.41) is 0. The topological polar surface area (TPSA) is 45.0 Å². The van der Waals surface area contributed by atoms with Gasteiger partial charge in [0.25, 0.3) is 5.91 Å². The number of carbonyl (C=O) groups is 1. The fourth-order valence-electron chi connectivity index (χ4n) is 3.83. The number of nitrogens with zero attached hydrogens (tertiary/aromatic N) is 3. The number of halogens is 8. The van der Waals surface area contributed by atoms with E-state index in [4.69, 9.17) is 0 Å². The Morgan fingerprint density at radius 2 is 1.35 bits per heavy atom. The lowest BCUT2D eigenvalue weighted by Gasteiger charge is -2.32. The molecule has 37 heavy (non-hydrogen) atoms. The van der Waals surface area contributed by atoms with Crippen LogP contribution in [0.1, 0.15) is 15.9 Å². The van der Waals surface area contributed by atoms with Crippen LogP contribution in [0.4, 0.5) is 35.1 Å². The van der Waals surface area contributed by atoms with E-state index in [1.807, 2.05) is 0 Å². The number of carbonyl (C=O) groups excluding carboxylic acids is 1. The van der Waals surface area contributed by atoms with E-state index in [0.717, 1.165) is 43.4 Å². The number of rotatable bonds is 3. The summed E-state index contributed by atoms with van der Waals surface area (Å²) in [7, 11) is 0.842. The molecule has 0 unspecified atom stereocenters. The van der Waals surface area contributed by atoms with E-state index in [0.29, 0.717) is 10.5 Å². The van der Waals surface area contributed by atoms with Crippen molar-refractivity contribution in [3.63, 3.8) is 0 Å². The maximum Gasteiger partial charge on any atom is 0.430 e. The van der Waals surface area contributed by atoms with Crippen LogP contribution in [0.3, 0.4) is 0 Å². The minimum atomic E-state index is -6.03. The van der Waals surface area contributed by atoms with Crippen LogP contribution in [-0.4, -0.2) is 47.4 Å². The summed E-state index contributed by atoms with van der Waals surface area (Å²) in [6.45, 7) is 0. The van der Waals surface area contributed by atoms with Crippen LogP contribution in [0, 0.1) is 11.6 Å². The molecule has 192 valence electrons. The highest BCUT2D eigenvalue weighted by Crippen LogP contribution is 2.50. The summed E-state index contributed by atoms with van der Waals surface area (Å²) >= 11 is 0. The van der Waals surface area contributed by atoms with Crippen LogP contribution < -0.4 is 0 Å². The van der Waals surface area contributed by atoms with Crippen LogP contribution in [0.5, 0.6) is 0 Å². The standard InChI is InChI=1S/C25H15F8N3O/c1-36-20(15-10-12-17(26)13-11-15)35-23(24(28,29)30,25(31,32)33)22(36)34-21(37)16-8-6-14(7-9-16)18-4-2-3-5-19(18)27/h2-13H,1H3. The first-order valence-corrected chi connectivity index (χ1v) is 10.5. The predicted molar refractivity (Wildman–Crippen MR) is 119 cm³/mol. The fourth-order valence-corrected chi connectivity index (χ4v) is 3.83. The molecule has 0 N–H and O–H groups in total. The number of alkyl halides is 6. The van der Waals surface area contributed by atoms with Gasteiger partial charge in [0.15, 0.2) is 5.84 Å². The van der Waals surface area contributed by atoms with Crippen molar-refractivity contribution >= 4 is 17.6 Å². The average molecular weight is 525 g/mol. The van der Waals surface area contributed by atoms with Crippen molar-refractivity contribution in [3.8, 4) is 11.1 Å². The molecule has 0 spiro atoms. The minimum Gasteiger partial charge on any atom is -0.315 e. The van der Waals surface area contributed by atoms with Crippen molar-refractivity contribution in [1.29, 1.82) is 0 Å². The highest BCUT2D eigenvalue weighted by molar-refractivity contribution is 6.20. The first-order valence-electron chi connectivity index (χ1n) is 10.5. The molecule has 1 amide bonds. The molecule has 0 aromatic heterocycles. The Morgan fingerprint density at radius 3 is 1.89 bits per heavy atom. The second-order valence-corrected chi connectivity index (χ2v) is 8.01. The first-order chi connectivity index (χ1) is 17.3. The van der Waals surface area contributed by atoms with Gasteiger partial charge in [-0.1, -0.05) is 30.3 Å². The van der Waals surface area contributed by atoms with Crippen molar-refractivity contribution in [2.45, 2.75) is 17.9 Å². The maximum atomic E-state index is 14.1. The monoisotopic (exact) mass is 525 g/mol. The SMILES string of the molecule is CN1C(c2ccc(F)cc2)=NC(C(F)(F)F)(C(F)(F)F)C1=NC(=O)c1ccc(-c2ccccc2F)cc1. The number of likely N-dealkylation sites (N-methyl/N-ethyl adjacent to an activating group) is 1. The zero-order valence-corrected chi connectivity index (χ0v) is 18.7. The molecule has 0 saturated heterocycles. The second-order valence-electron chi connectivity index (χ2n) is 8.01. The molecule has 0 fully saturated rings. The number of amidine groups is 2. The lowest BCUT2D eigenvalue weighted by molar-refractivity contribution is -0.270. The number of amides is 1. The van der Waals surface area contributed by atoms with Crippen LogP contribution in [-0.2, 0) is 0 Å². The van der Waals surface area contributed by atoms with Crippen LogP contribution in [0.15, 0.2) is 82.8 Å². The molecule has 0 aliphatic carbocycles. The van der Waals surface area contributed by atoms with Gasteiger partial charge in [0.2, 0.25) is 0 Å². The van der Waals surface area contributed by atoms with Gasteiger partial charge >= 0.3 is 17.9 Å². The zero-order chi connectivity index (χ0) is 27.2. The Morgan fingerprint density at radius 1 is 0.811 bits per heavy atom. The molecule has 1 aliphatic heterocycles. The van der Waals surface area contributed by atoms with Gasteiger partial charge in [0.05, 0.1) is 0 Å². The molecule has 0 saturated carbocycles. The quantitative estimate of drug-likeness (QED) is 0.370. The van der Waals surface area contributed by atoms with Crippen molar-refractivity contribution in [1.82, 2.24) is 4.90 Å². The Balaban J connectivity index is 1.80. The molecule has 12 heteroatoms. The van der Waals surface area contributed by atoms with E-state index in [9.17, 15) is 39.9 Å². The molecule has 1 aliphatic rings. The van der Waals surface area contributed by atoms with Gasteiger partial charge in [-0.2, -0.15) is 31.3 Å². The van der Waals surface area contributed by atoms with E-state index in [-0.39, 0.29) is 16.7 Å². The first kappa shape index (κ1) is 26.0. The van der Waals surface area contributed by atoms with Gasteiger partial charge in [0.1, 0.15) is 17.5 Å². The molecular weight excluding hydrogens is 510 g/mol. The van der Waals surface area contributed by atoms with Crippen molar-refractivity contribution in [2.75, 3.05) is 7.05 Å². The maximum absolute atomic E-state index is 14.1. The molecule has 4 nitrogen and oxygen atoms in total. The summed E-state index contributed by atoms with van der Waals surface area (Å²) in [4.78, 5) is 19.4. The predicted octanol–water partition coefficient (Wildman–Crippen LogP) is 6.43. The summed E-state index contributed by atoms with van der Waals surface area (Å²) in [5.41, 5.74) is -4.94. The molecule has 0 atom stereocenters. The molecule has 3 aromatic rings. The third kappa shape index (κ3) is 4.47. The Kier molecular flexibility index (Phi) is 6.39. The lowest BCUT2D eigenvalue weighted by atomic mass is 9.97. The molecular formula is C25H15F8N3O. The van der Waals surface area contributed by atoms with E-state index < -0.39 is 47.1 Å². The van der Waals surface area contributed by atoms with E-state index in [1.54, 1.807) is 6.07 Å². The normalized spacial score (nSPS) is 16.7. The molecule has 3 aromatic carbocycles. The van der Waals surface area contributed by atoms with Crippen LogP contribution >= 0.6 is 0 Å².